The second-order valence-electron chi connectivity index (χ2n) is 3.80. The number of carboxylic acid groups (broad SMARTS) is 1. The third kappa shape index (κ3) is 5.30. The van der Waals surface area contributed by atoms with Gasteiger partial charge in [-0.3, -0.25) is 4.79 Å². The highest BCUT2D eigenvalue weighted by atomic mass is 32.2. The Kier molecular flexibility index (Phi) is 4.31. The molecular formula is C9H13F3O2S. The van der Waals surface area contributed by atoms with E-state index < -0.39 is 11.5 Å². The fourth-order valence-corrected chi connectivity index (χ4v) is 2.78. The summed E-state index contributed by atoms with van der Waals surface area (Å²) in [6, 6.07) is 0. The number of rotatable bonds is 3. The van der Waals surface area contributed by atoms with Crippen LogP contribution in [0.3, 0.4) is 0 Å². The highest BCUT2D eigenvalue weighted by Gasteiger charge is 2.35. The Hall–Kier alpha value is -0.390. The lowest BCUT2D eigenvalue weighted by Crippen LogP contribution is -2.21. The summed E-state index contributed by atoms with van der Waals surface area (Å²) in [5.41, 5.74) is -4.16. The highest BCUT2D eigenvalue weighted by molar-refractivity contribution is 8.00. The predicted molar refractivity (Wildman–Crippen MR) is 51.6 cm³/mol. The van der Waals surface area contributed by atoms with E-state index in [4.69, 9.17) is 5.11 Å². The van der Waals surface area contributed by atoms with Gasteiger partial charge < -0.3 is 5.11 Å². The topological polar surface area (TPSA) is 37.3 Å². The number of thioether (sulfide) groups is 1. The zero-order chi connectivity index (χ0) is 11.5. The number of hydrogen-bond acceptors (Lipinski definition) is 2. The summed E-state index contributed by atoms with van der Waals surface area (Å²) in [6.45, 7) is 0. The standard InChI is InChI=1S/C9H13F3O2S/c10-9(11,12)15-7-3-1-6(2-4-7)5-8(13)14/h6-7H,1-5H2,(H,13,14). The smallest absolute Gasteiger partial charge is 0.442 e. The van der Waals surface area contributed by atoms with Crippen LogP contribution >= 0.6 is 11.8 Å². The van der Waals surface area contributed by atoms with Crippen LogP contribution in [-0.4, -0.2) is 21.8 Å². The van der Waals surface area contributed by atoms with E-state index in [1.54, 1.807) is 0 Å². The lowest BCUT2D eigenvalue weighted by molar-refractivity contribution is -0.138. The van der Waals surface area contributed by atoms with Crippen LogP contribution in [0.15, 0.2) is 0 Å². The summed E-state index contributed by atoms with van der Waals surface area (Å²) in [4.78, 5) is 10.4. The van der Waals surface area contributed by atoms with Crippen LogP contribution in [0.1, 0.15) is 32.1 Å². The van der Waals surface area contributed by atoms with Crippen molar-refractivity contribution in [2.24, 2.45) is 5.92 Å². The average Bonchev–Trinajstić information content (AvgIpc) is 2.05. The van der Waals surface area contributed by atoms with E-state index in [1.807, 2.05) is 0 Å². The van der Waals surface area contributed by atoms with Crippen LogP contribution in [0.2, 0.25) is 0 Å². The molecule has 0 spiro atoms. The lowest BCUT2D eigenvalue weighted by Gasteiger charge is -2.27. The molecule has 0 amide bonds. The van der Waals surface area contributed by atoms with Crippen LogP contribution < -0.4 is 0 Å². The third-order valence-corrected chi connectivity index (χ3v) is 3.63. The molecule has 0 saturated heterocycles. The first kappa shape index (κ1) is 12.7. The molecule has 1 rings (SSSR count). The number of halogens is 3. The molecule has 15 heavy (non-hydrogen) atoms. The maximum absolute atomic E-state index is 12.0. The Morgan fingerprint density at radius 3 is 2.20 bits per heavy atom. The number of carboxylic acids is 1. The maximum atomic E-state index is 12.0. The van der Waals surface area contributed by atoms with Crippen molar-refractivity contribution < 1.29 is 23.1 Å². The van der Waals surface area contributed by atoms with Gasteiger partial charge in [-0.1, -0.05) is 0 Å². The van der Waals surface area contributed by atoms with Crippen molar-refractivity contribution in [3.05, 3.63) is 0 Å². The normalized spacial score (nSPS) is 27.7. The SMILES string of the molecule is O=C(O)CC1CCC(SC(F)(F)F)CC1. The van der Waals surface area contributed by atoms with Gasteiger partial charge in [-0.2, -0.15) is 13.2 Å². The first-order valence-corrected chi connectivity index (χ1v) is 5.71. The Balaban J connectivity index is 2.27. The molecule has 0 aliphatic heterocycles. The summed E-state index contributed by atoms with van der Waals surface area (Å²) in [5, 5.41) is 8.15. The quantitative estimate of drug-likeness (QED) is 0.825. The first-order valence-electron chi connectivity index (χ1n) is 4.83. The second kappa shape index (κ2) is 5.09. The van der Waals surface area contributed by atoms with Gasteiger partial charge in [-0.05, 0) is 43.4 Å². The van der Waals surface area contributed by atoms with E-state index >= 15 is 0 Å². The third-order valence-electron chi connectivity index (χ3n) is 2.56. The van der Waals surface area contributed by atoms with E-state index in [2.05, 4.69) is 0 Å². The van der Waals surface area contributed by atoms with Crippen LogP contribution in [0.5, 0.6) is 0 Å². The Morgan fingerprint density at radius 1 is 1.27 bits per heavy atom. The first-order chi connectivity index (χ1) is 6.87. The zero-order valence-electron chi connectivity index (χ0n) is 8.09. The van der Waals surface area contributed by atoms with E-state index in [0.29, 0.717) is 25.7 Å². The molecule has 88 valence electrons. The molecule has 0 bridgehead atoms. The molecule has 1 fully saturated rings. The van der Waals surface area contributed by atoms with E-state index in [9.17, 15) is 18.0 Å². The van der Waals surface area contributed by atoms with Crippen molar-refractivity contribution in [1.82, 2.24) is 0 Å². The van der Waals surface area contributed by atoms with Crippen LogP contribution in [0.25, 0.3) is 0 Å². The van der Waals surface area contributed by atoms with Gasteiger partial charge in [-0.15, -0.1) is 0 Å². The van der Waals surface area contributed by atoms with Crippen molar-refractivity contribution in [3.8, 4) is 0 Å². The fraction of sp³-hybridized carbons (Fsp3) is 0.889. The van der Waals surface area contributed by atoms with Gasteiger partial charge in [-0.25, -0.2) is 0 Å². The van der Waals surface area contributed by atoms with Crippen molar-refractivity contribution in [2.75, 3.05) is 0 Å². The van der Waals surface area contributed by atoms with Gasteiger partial charge in [0.1, 0.15) is 0 Å². The van der Waals surface area contributed by atoms with Gasteiger partial charge >= 0.3 is 11.5 Å². The monoisotopic (exact) mass is 242 g/mol. The van der Waals surface area contributed by atoms with Gasteiger partial charge in [0.2, 0.25) is 0 Å². The maximum Gasteiger partial charge on any atom is 0.442 e. The molecule has 0 aromatic carbocycles. The minimum Gasteiger partial charge on any atom is -0.481 e. The molecule has 6 heteroatoms. The molecule has 0 heterocycles. The van der Waals surface area contributed by atoms with Crippen molar-refractivity contribution in [1.29, 1.82) is 0 Å². The summed E-state index contributed by atoms with van der Waals surface area (Å²) < 4.78 is 36.0. The number of carbonyl (C=O) groups is 1. The minimum atomic E-state index is -4.16. The van der Waals surface area contributed by atoms with Crippen molar-refractivity contribution >= 4 is 17.7 Å². The minimum absolute atomic E-state index is 0.0512. The summed E-state index contributed by atoms with van der Waals surface area (Å²) in [6.07, 6.45) is 2.23. The molecule has 2 nitrogen and oxygen atoms in total. The molecule has 0 aromatic heterocycles. The number of alkyl halides is 3. The van der Waals surface area contributed by atoms with E-state index in [0.717, 1.165) is 0 Å². The summed E-state index contributed by atoms with van der Waals surface area (Å²) >= 11 is 0.0512. The van der Waals surface area contributed by atoms with E-state index in [-0.39, 0.29) is 29.4 Å². The molecule has 0 radical (unpaired) electrons. The average molecular weight is 242 g/mol. The molecular weight excluding hydrogens is 229 g/mol. The van der Waals surface area contributed by atoms with Gasteiger partial charge in [0.05, 0.1) is 0 Å². The molecule has 0 aromatic rings. The summed E-state index contributed by atoms with van der Waals surface area (Å²) in [7, 11) is 0. The van der Waals surface area contributed by atoms with Gasteiger partial charge in [0, 0.05) is 11.7 Å². The molecule has 1 aliphatic carbocycles. The molecule has 1 aliphatic rings. The molecule has 1 N–H and O–H groups in total. The fourth-order valence-electron chi connectivity index (χ4n) is 1.89. The molecule has 0 atom stereocenters. The van der Waals surface area contributed by atoms with Crippen LogP contribution in [0, 0.1) is 5.92 Å². The van der Waals surface area contributed by atoms with E-state index in [1.165, 1.54) is 0 Å². The zero-order valence-corrected chi connectivity index (χ0v) is 8.90. The molecule has 0 unspecified atom stereocenters. The van der Waals surface area contributed by atoms with Gasteiger partial charge in [0.15, 0.2) is 0 Å². The highest BCUT2D eigenvalue weighted by Crippen LogP contribution is 2.41. The number of aliphatic carboxylic acids is 1. The Labute approximate surface area is 90.2 Å². The Bertz CT molecular complexity index is 222. The van der Waals surface area contributed by atoms with Crippen molar-refractivity contribution in [2.45, 2.75) is 42.9 Å². The molecule has 1 saturated carbocycles. The lowest BCUT2D eigenvalue weighted by atomic mass is 9.87. The number of hydrogen-bond donors (Lipinski definition) is 1. The van der Waals surface area contributed by atoms with Gasteiger partial charge in [0.25, 0.3) is 0 Å². The van der Waals surface area contributed by atoms with Crippen molar-refractivity contribution in [3.63, 3.8) is 0 Å². The second-order valence-corrected chi connectivity index (χ2v) is 5.17. The largest absolute Gasteiger partial charge is 0.481 e. The van der Waals surface area contributed by atoms with Crippen LogP contribution in [0.4, 0.5) is 13.2 Å². The van der Waals surface area contributed by atoms with Crippen LogP contribution in [-0.2, 0) is 4.79 Å². The Morgan fingerprint density at radius 2 is 1.80 bits per heavy atom. The predicted octanol–water partition coefficient (Wildman–Crippen LogP) is 3.27. The summed E-state index contributed by atoms with van der Waals surface area (Å²) in [5.74, 6) is -0.797.